The Morgan fingerprint density at radius 3 is 1.96 bits per heavy atom. The monoisotopic (exact) mass is 387 g/mol. The van der Waals surface area contributed by atoms with Crippen LogP contribution in [0, 0.1) is 0 Å². The van der Waals surface area contributed by atoms with E-state index < -0.39 is 23.9 Å². The summed E-state index contributed by atoms with van der Waals surface area (Å²) < 4.78 is 43.6. The van der Waals surface area contributed by atoms with Gasteiger partial charge in [-0.05, 0) is 53.9 Å². The topological polar surface area (TPSA) is 55.5 Å². The van der Waals surface area contributed by atoms with E-state index in [1.807, 2.05) is 30.3 Å². The molecular formula is C22H20F3NO2. The number of aliphatic hydroxyl groups is 1. The van der Waals surface area contributed by atoms with Gasteiger partial charge in [0.25, 0.3) is 0 Å². The Labute approximate surface area is 161 Å². The van der Waals surface area contributed by atoms with Crippen LogP contribution in [0.4, 0.5) is 13.2 Å². The van der Waals surface area contributed by atoms with Gasteiger partial charge in [-0.25, -0.2) is 0 Å². The number of benzene rings is 3. The Balaban J connectivity index is 1.62. The third kappa shape index (κ3) is 5.12. The second kappa shape index (κ2) is 8.46. The Kier molecular flexibility index (Phi) is 6.02. The molecule has 3 N–H and O–H groups in total. The first-order valence-electron chi connectivity index (χ1n) is 8.75. The molecule has 0 saturated heterocycles. The molecule has 0 aliphatic heterocycles. The van der Waals surface area contributed by atoms with Crippen molar-refractivity contribution < 1.29 is 23.0 Å². The van der Waals surface area contributed by atoms with E-state index in [0.717, 1.165) is 12.1 Å². The summed E-state index contributed by atoms with van der Waals surface area (Å²) in [4.78, 5) is 0. The van der Waals surface area contributed by atoms with Gasteiger partial charge in [-0.3, -0.25) is 0 Å². The highest BCUT2D eigenvalue weighted by atomic mass is 19.4. The fourth-order valence-electron chi connectivity index (χ4n) is 2.82. The number of nitrogens with two attached hydrogens (primary N) is 1. The van der Waals surface area contributed by atoms with E-state index in [2.05, 4.69) is 0 Å². The molecule has 28 heavy (non-hydrogen) atoms. The van der Waals surface area contributed by atoms with E-state index in [1.54, 1.807) is 24.3 Å². The van der Waals surface area contributed by atoms with Crippen molar-refractivity contribution in [1.82, 2.24) is 0 Å². The number of para-hydroxylation sites is 1. The molecule has 0 bridgehead atoms. The molecule has 3 aromatic carbocycles. The van der Waals surface area contributed by atoms with Crippen LogP contribution in [0.25, 0.3) is 0 Å². The number of hydrogen-bond acceptors (Lipinski definition) is 3. The van der Waals surface area contributed by atoms with E-state index in [9.17, 15) is 18.3 Å². The second-order valence-electron chi connectivity index (χ2n) is 6.49. The molecule has 0 amide bonds. The van der Waals surface area contributed by atoms with Crippen LogP contribution < -0.4 is 10.5 Å². The summed E-state index contributed by atoms with van der Waals surface area (Å²) >= 11 is 0. The number of halogens is 3. The molecule has 3 nitrogen and oxygen atoms in total. The average molecular weight is 387 g/mol. The van der Waals surface area contributed by atoms with Crippen LogP contribution in [-0.4, -0.2) is 11.1 Å². The van der Waals surface area contributed by atoms with Gasteiger partial charge in [0.15, 0.2) is 0 Å². The third-order valence-electron chi connectivity index (χ3n) is 4.36. The minimum atomic E-state index is -4.37. The van der Waals surface area contributed by atoms with Crippen LogP contribution >= 0.6 is 0 Å². The Morgan fingerprint density at radius 2 is 1.39 bits per heavy atom. The van der Waals surface area contributed by atoms with Crippen LogP contribution in [0.2, 0.25) is 0 Å². The maximum absolute atomic E-state index is 12.6. The first kappa shape index (κ1) is 19.9. The number of hydrogen-bond donors (Lipinski definition) is 2. The van der Waals surface area contributed by atoms with Gasteiger partial charge in [-0.2, -0.15) is 13.2 Å². The lowest BCUT2D eigenvalue weighted by Gasteiger charge is -2.20. The molecule has 0 heterocycles. The lowest BCUT2D eigenvalue weighted by atomic mass is 9.96. The molecule has 0 radical (unpaired) electrons. The fraction of sp³-hybridized carbons (Fsp3) is 0.182. The summed E-state index contributed by atoms with van der Waals surface area (Å²) in [7, 11) is 0. The first-order valence-corrected chi connectivity index (χ1v) is 8.75. The molecule has 2 unspecified atom stereocenters. The van der Waals surface area contributed by atoms with E-state index in [1.165, 1.54) is 12.1 Å². The Morgan fingerprint density at radius 1 is 0.821 bits per heavy atom. The fourth-order valence-corrected chi connectivity index (χ4v) is 2.82. The first-order chi connectivity index (χ1) is 13.3. The van der Waals surface area contributed by atoms with Crippen LogP contribution in [0.1, 0.15) is 22.8 Å². The summed E-state index contributed by atoms with van der Waals surface area (Å²) in [6.45, 7) is 0. The zero-order valence-corrected chi connectivity index (χ0v) is 14.9. The van der Waals surface area contributed by atoms with Crippen molar-refractivity contribution in [2.24, 2.45) is 5.73 Å². The minimum absolute atomic E-state index is 0.252. The predicted octanol–water partition coefficient (Wildman–Crippen LogP) is 5.10. The summed E-state index contributed by atoms with van der Waals surface area (Å²) in [5.74, 6) is 1.33. The van der Waals surface area contributed by atoms with Gasteiger partial charge in [-0.1, -0.05) is 42.5 Å². The maximum Gasteiger partial charge on any atom is 0.416 e. The molecule has 0 spiro atoms. The lowest BCUT2D eigenvalue weighted by molar-refractivity contribution is -0.137. The molecular weight excluding hydrogens is 367 g/mol. The summed E-state index contributed by atoms with van der Waals surface area (Å²) in [6, 6.07) is 20.3. The Hall–Kier alpha value is -2.83. The van der Waals surface area contributed by atoms with Crippen molar-refractivity contribution in [3.05, 3.63) is 95.6 Å². The molecule has 3 rings (SSSR count). The summed E-state index contributed by atoms with van der Waals surface area (Å²) in [5, 5.41) is 10.5. The Bertz CT molecular complexity index is 878. The number of alkyl halides is 3. The van der Waals surface area contributed by atoms with Crippen molar-refractivity contribution in [3.8, 4) is 11.5 Å². The zero-order valence-electron chi connectivity index (χ0n) is 14.9. The van der Waals surface area contributed by atoms with Gasteiger partial charge in [0.1, 0.15) is 11.5 Å². The van der Waals surface area contributed by atoms with Gasteiger partial charge in [0, 0.05) is 6.04 Å². The highest BCUT2D eigenvalue weighted by molar-refractivity contribution is 5.34. The standard InChI is InChI=1S/C22H20F3NO2/c23-22(24,25)17-10-6-15(7-11-17)14-20(26)21(27)16-8-12-19(13-9-16)28-18-4-2-1-3-5-18/h1-13,20-21,27H,14,26H2. The smallest absolute Gasteiger partial charge is 0.416 e. The normalized spacial score (nSPS) is 13.8. The van der Waals surface area contributed by atoms with Crippen molar-refractivity contribution >= 4 is 0 Å². The molecule has 0 fully saturated rings. The van der Waals surface area contributed by atoms with Crippen LogP contribution in [-0.2, 0) is 12.6 Å². The van der Waals surface area contributed by atoms with Crippen LogP contribution in [0.3, 0.4) is 0 Å². The molecule has 2 atom stereocenters. The van der Waals surface area contributed by atoms with E-state index in [4.69, 9.17) is 10.5 Å². The number of rotatable bonds is 6. The van der Waals surface area contributed by atoms with Gasteiger partial charge >= 0.3 is 6.18 Å². The number of aliphatic hydroxyl groups excluding tert-OH is 1. The minimum Gasteiger partial charge on any atom is -0.457 e. The maximum atomic E-state index is 12.6. The third-order valence-corrected chi connectivity index (χ3v) is 4.36. The molecule has 6 heteroatoms. The molecule has 146 valence electrons. The quantitative estimate of drug-likeness (QED) is 0.619. The molecule has 3 aromatic rings. The average Bonchev–Trinajstić information content (AvgIpc) is 2.68. The van der Waals surface area contributed by atoms with E-state index >= 15 is 0 Å². The van der Waals surface area contributed by atoms with Gasteiger partial charge in [-0.15, -0.1) is 0 Å². The molecule has 0 aromatic heterocycles. The van der Waals surface area contributed by atoms with Crippen LogP contribution in [0.15, 0.2) is 78.9 Å². The summed E-state index contributed by atoms with van der Waals surface area (Å²) in [6.07, 6.45) is -5.07. The highest BCUT2D eigenvalue weighted by Crippen LogP contribution is 2.30. The number of ether oxygens (including phenoxy) is 1. The lowest BCUT2D eigenvalue weighted by Crippen LogP contribution is -2.30. The van der Waals surface area contributed by atoms with E-state index in [-0.39, 0.29) is 6.42 Å². The van der Waals surface area contributed by atoms with Gasteiger partial charge < -0.3 is 15.6 Å². The molecule has 0 saturated carbocycles. The predicted molar refractivity (Wildman–Crippen MR) is 101 cm³/mol. The molecule has 0 aliphatic rings. The van der Waals surface area contributed by atoms with Crippen LogP contribution in [0.5, 0.6) is 11.5 Å². The van der Waals surface area contributed by atoms with Gasteiger partial charge in [0.2, 0.25) is 0 Å². The highest BCUT2D eigenvalue weighted by Gasteiger charge is 2.30. The van der Waals surface area contributed by atoms with Crippen molar-refractivity contribution in [2.75, 3.05) is 0 Å². The molecule has 0 aliphatic carbocycles. The van der Waals surface area contributed by atoms with Crippen molar-refractivity contribution in [1.29, 1.82) is 0 Å². The van der Waals surface area contributed by atoms with E-state index in [0.29, 0.717) is 22.6 Å². The van der Waals surface area contributed by atoms with Gasteiger partial charge in [0.05, 0.1) is 11.7 Å². The second-order valence-corrected chi connectivity index (χ2v) is 6.49. The zero-order chi connectivity index (χ0) is 20.1. The summed E-state index contributed by atoms with van der Waals surface area (Å²) in [5.41, 5.74) is 6.59. The largest absolute Gasteiger partial charge is 0.457 e. The SMILES string of the molecule is NC(Cc1ccc(C(F)(F)F)cc1)C(O)c1ccc(Oc2ccccc2)cc1. The van der Waals surface area contributed by atoms with Crippen molar-refractivity contribution in [3.63, 3.8) is 0 Å². The van der Waals surface area contributed by atoms with Crippen molar-refractivity contribution in [2.45, 2.75) is 24.7 Å².